The fourth-order valence-electron chi connectivity index (χ4n) is 3.47. The van der Waals surface area contributed by atoms with Gasteiger partial charge in [-0.3, -0.25) is 4.98 Å². The zero-order valence-electron chi connectivity index (χ0n) is 12.3. The van der Waals surface area contributed by atoms with Crippen LogP contribution in [0.2, 0.25) is 0 Å². The van der Waals surface area contributed by atoms with Crippen LogP contribution >= 0.6 is 0 Å². The van der Waals surface area contributed by atoms with Gasteiger partial charge in [0.05, 0.1) is 6.10 Å². The second kappa shape index (κ2) is 6.10. The number of hydrogen-bond donors (Lipinski definition) is 1. The Morgan fingerprint density at radius 1 is 1.10 bits per heavy atom. The van der Waals surface area contributed by atoms with E-state index in [1.165, 1.54) is 18.5 Å². The summed E-state index contributed by atoms with van der Waals surface area (Å²) in [4.78, 5) is 9.33. The lowest BCUT2D eigenvalue weighted by atomic mass is 9.98. The molecule has 0 bridgehead atoms. The highest BCUT2D eigenvalue weighted by Crippen LogP contribution is 2.24. The topological polar surface area (TPSA) is 39.6 Å². The van der Waals surface area contributed by atoms with E-state index in [0.29, 0.717) is 6.04 Å². The molecule has 0 spiro atoms. The number of aryl methyl sites for hydroxylation is 1. The monoisotopic (exact) mass is 275 g/mol. The number of hydrogen-bond acceptors (Lipinski definition) is 4. The van der Waals surface area contributed by atoms with Gasteiger partial charge in [-0.25, -0.2) is 0 Å². The van der Waals surface area contributed by atoms with Crippen LogP contribution in [0.1, 0.15) is 31.4 Å². The number of aliphatic hydroxyl groups excluding tert-OH is 1. The summed E-state index contributed by atoms with van der Waals surface area (Å²) in [5.41, 5.74) is 2.40. The van der Waals surface area contributed by atoms with Crippen molar-refractivity contribution in [2.45, 2.75) is 44.8 Å². The fraction of sp³-hybridized carbons (Fsp3) is 0.688. The maximum Gasteiger partial charge on any atom is 0.0564 e. The van der Waals surface area contributed by atoms with Gasteiger partial charge in [-0.05, 0) is 44.7 Å². The molecule has 1 N–H and O–H groups in total. The molecule has 2 aliphatic heterocycles. The Kier molecular flexibility index (Phi) is 4.22. The highest BCUT2D eigenvalue weighted by atomic mass is 16.3. The summed E-state index contributed by atoms with van der Waals surface area (Å²) in [7, 11) is 0. The van der Waals surface area contributed by atoms with Gasteiger partial charge in [0.25, 0.3) is 0 Å². The van der Waals surface area contributed by atoms with E-state index in [2.05, 4.69) is 33.8 Å². The number of piperidine rings is 2. The standard InChI is InChI=1S/C16H25N3O/c1-13-12-15(2-7-17-13)19-8-3-14(4-9-19)18-10-5-16(20)6-11-18/h2,7,12,14,16,20H,3-6,8-11H2,1H3. The molecule has 4 nitrogen and oxygen atoms in total. The van der Waals surface area contributed by atoms with E-state index >= 15 is 0 Å². The summed E-state index contributed by atoms with van der Waals surface area (Å²) in [5, 5.41) is 9.60. The van der Waals surface area contributed by atoms with Crippen LogP contribution in [0.4, 0.5) is 5.69 Å². The lowest BCUT2D eigenvalue weighted by Gasteiger charge is -2.41. The molecule has 2 aliphatic rings. The highest BCUT2D eigenvalue weighted by Gasteiger charge is 2.27. The van der Waals surface area contributed by atoms with Crippen molar-refractivity contribution in [3.8, 4) is 0 Å². The predicted octanol–water partition coefficient (Wildman–Crippen LogP) is 1.82. The lowest BCUT2D eigenvalue weighted by Crippen LogP contribution is -2.48. The molecule has 1 aromatic rings. The first-order chi connectivity index (χ1) is 9.72. The molecule has 0 atom stereocenters. The van der Waals surface area contributed by atoms with Crippen molar-refractivity contribution in [2.24, 2.45) is 0 Å². The van der Waals surface area contributed by atoms with Crippen molar-refractivity contribution in [3.63, 3.8) is 0 Å². The van der Waals surface area contributed by atoms with E-state index in [1.54, 1.807) is 0 Å². The largest absolute Gasteiger partial charge is 0.393 e. The molecule has 0 aromatic carbocycles. The van der Waals surface area contributed by atoms with Gasteiger partial charge in [0.1, 0.15) is 0 Å². The van der Waals surface area contributed by atoms with Crippen LogP contribution in [0.3, 0.4) is 0 Å². The minimum absolute atomic E-state index is 0.0638. The Morgan fingerprint density at radius 3 is 2.45 bits per heavy atom. The maximum absolute atomic E-state index is 9.60. The van der Waals surface area contributed by atoms with Crippen LogP contribution in [-0.2, 0) is 0 Å². The highest BCUT2D eigenvalue weighted by molar-refractivity contribution is 5.46. The summed E-state index contributed by atoms with van der Waals surface area (Å²) in [5.74, 6) is 0. The molecule has 1 aromatic heterocycles. The van der Waals surface area contributed by atoms with Crippen molar-refractivity contribution in [2.75, 3.05) is 31.1 Å². The zero-order chi connectivity index (χ0) is 13.9. The Hall–Kier alpha value is -1.13. The molecule has 4 heteroatoms. The first kappa shape index (κ1) is 13.8. The SMILES string of the molecule is Cc1cc(N2CCC(N3CCC(O)CC3)CC2)ccn1. The van der Waals surface area contributed by atoms with Gasteiger partial charge in [-0.15, -0.1) is 0 Å². The molecule has 0 saturated carbocycles. The minimum Gasteiger partial charge on any atom is -0.393 e. The molecule has 3 heterocycles. The van der Waals surface area contributed by atoms with Crippen LogP contribution < -0.4 is 4.90 Å². The molecule has 0 unspecified atom stereocenters. The number of aromatic nitrogens is 1. The molecule has 0 amide bonds. The number of rotatable bonds is 2. The third kappa shape index (κ3) is 3.13. The van der Waals surface area contributed by atoms with Crippen molar-refractivity contribution >= 4 is 5.69 Å². The maximum atomic E-state index is 9.60. The molecule has 20 heavy (non-hydrogen) atoms. The van der Waals surface area contributed by atoms with Crippen molar-refractivity contribution in [3.05, 3.63) is 24.0 Å². The molecular formula is C16H25N3O. The molecule has 0 radical (unpaired) electrons. The first-order valence-electron chi connectivity index (χ1n) is 7.82. The third-order valence-corrected chi connectivity index (χ3v) is 4.73. The van der Waals surface area contributed by atoms with Gasteiger partial charge >= 0.3 is 0 Å². The van der Waals surface area contributed by atoms with E-state index in [-0.39, 0.29) is 6.10 Å². The van der Waals surface area contributed by atoms with Crippen LogP contribution in [0.25, 0.3) is 0 Å². The molecule has 2 fully saturated rings. The van der Waals surface area contributed by atoms with Gasteiger partial charge in [0.2, 0.25) is 0 Å². The molecule has 2 saturated heterocycles. The average Bonchev–Trinajstić information content (AvgIpc) is 2.48. The predicted molar refractivity (Wildman–Crippen MR) is 81.0 cm³/mol. The van der Waals surface area contributed by atoms with Crippen molar-refractivity contribution in [1.82, 2.24) is 9.88 Å². The van der Waals surface area contributed by atoms with E-state index < -0.39 is 0 Å². The van der Waals surface area contributed by atoms with E-state index in [9.17, 15) is 5.11 Å². The summed E-state index contributed by atoms with van der Waals surface area (Å²) >= 11 is 0. The van der Waals surface area contributed by atoms with Crippen LogP contribution in [-0.4, -0.2) is 53.3 Å². The van der Waals surface area contributed by atoms with E-state index in [4.69, 9.17) is 0 Å². The Balaban J connectivity index is 1.54. The molecular weight excluding hydrogens is 250 g/mol. The lowest BCUT2D eigenvalue weighted by molar-refractivity contribution is 0.0542. The minimum atomic E-state index is -0.0638. The summed E-state index contributed by atoms with van der Waals surface area (Å²) in [6.45, 7) is 6.45. The molecule has 3 rings (SSSR count). The number of nitrogens with zero attached hydrogens (tertiary/aromatic N) is 3. The fourth-order valence-corrected chi connectivity index (χ4v) is 3.47. The quantitative estimate of drug-likeness (QED) is 0.893. The summed E-state index contributed by atoms with van der Waals surface area (Å²) in [6, 6.07) is 5.00. The van der Waals surface area contributed by atoms with Gasteiger partial charge in [0.15, 0.2) is 0 Å². The van der Waals surface area contributed by atoms with Gasteiger partial charge < -0.3 is 14.9 Å². The average molecular weight is 275 g/mol. The molecule has 0 aliphatic carbocycles. The second-order valence-electron chi connectivity index (χ2n) is 6.14. The number of anilines is 1. The van der Waals surface area contributed by atoms with Gasteiger partial charge in [-0.2, -0.15) is 0 Å². The van der Waals surface area contributed by atoms with E-state index in [0.717, 1.165) is 44.7 Å². The van der Waals surface area contributed by atoms with Gasteiger partial charge in [-0.1, -0.05) is 0 Å². The first-order valence-corrected chi connectivity index (χ1v) is 7.82. The number of likely N-dealkylation sites (tertiary alicyclic amines) is 1. The Labute approximate surface area is 121 Å². The third-order valence-electron chi connectivity index (χ3n) is 4.73. The normalized spacial score (nSPS) is 23.2. The van der Waals surface area contributed by atoms with Crippen molar-refractivity contribution < 1.29 is 5.11 Å². The Bertz CT molecular complexity index is 435. The summed E-state index contributed by atoms with van der Waals surface area (Å²) in [6.07, 6.45) is 6.21. The zero-order valence-corrected chi connectivity index (χ0v) is 12.3. The second-order valence-corrected chi connectivity index (χ2v) is 6.14. The molecule has 110 valence electrons. The van der Waals surface area contributed by atoms with Crippen molar-refractivity contribution in [1.29, 1.82) is 0 Å². The summed E-state index contributed by atoms with van der Waals surface area (Å²) < 4.78 is 0. The van der Waals surface area contributed by atoms with Gasteiger partial charge in [0, 0.05) is 49.8 Å². The Morgan fingerprint density at radius 2 is 1.80 bits per heavy atom. The van der Waals surface area contributed by atoms with E-state index in [1.807, 2.05) is 6.20 Å². The number of pyridine rings is 1. The number of aliphatic hydroxyl groups is 1. The van der Waals surface area contributed by atoms with Crippen LogP contribution in [0, 0.1) is 6.92 Å². The van der Waals surface area contributed by atoms with Crippen LogP contribution in [0.15, 0.2) is 18.3 Å². The van der Waals surface area contributed by atoms with Crippen LogP contribution in [0.5, 0.6) is 0 Å². The smallest absolute Gasteiger partial charge is 0.0564 e.